The van der Waals surface area contributed by atoms with Gasteiger partial charge in [0.25, 0.3) is 0 Å². The molecule has 3 aromatic heterocycles. The third kappa shape index (κ3) is 4.74. The molecule has 1 aliphatic carbocycles. The van der Waals surface area contributed by atoms with Gasteiger partial charge in [-0.2, -0.15) is 0 Å². The first-order chi connectivity index (χ1) is 16.2. The number of cyclic esters (lactones) is 1. The van der Waals surface area contributed by atoms with E-state index in [2.05, 4.69) is 25.6 Å². The Kier molecular flexibility index (Phi) is 6.05. The number of hydrogen-bond acceptors (Lipinski definition) is 9. The smallest absolute Gasteiger partial charge is 0.414 e. The van der Waals surface area contributed by atoms with Crippen LogP contribution in [-0.4, -0.2) is 58.9 Å². The first-order valence-electron chi connectivity index (χ1n) is 11.3. The molecule has 0 atom stereocenters. The van der Waals surface area contributed by atoms with Crippen LogP contribution in [0.1, 0.15) is 25.7 Å². The lowest BCUT2D eigenvalue weighted by Crippen LogP contribution is -2.29. The van der Waals surface area contributed by atoms with Crippen LogP contribution in [0.3, 0.4) is 0 Å². The zero-order valence-corrected chi connectivity index (χ0v) is 18.5. The van der Waals surface area contributed by atoms with Crippen molar-refractivity contribution in [2.75, 3.05) is 42.3 Å². The van der Waals surface area contributed by atoms with E-state index in [0.717, 1.165) is 48.9 Å². The van der Waals surface area contributed by atoms with Crippen molar-refractivity contribution in [1.82, 2.24) is 19.9 Å². The molecule has 0 unspecified atom stereocenters. The lowest BCUT2D eigenvalue weighted by atomic mass is 9.86. The SMILES string of the molecule is COc1nccc2ccc(N[C@H]3CC[C@H](CNc4ncc(N5CCOC5=O)cn4)CC3)nc12. The molecule has 1 saturated carbocycles. The van der Waals surface area contributed by atoms with E-state index in [1.54, 1.807) is 25.7 Å². The van der Waals surface area contributed by atoms with Crippen LogP contribution in [0.25, 0.3) is 10.9 Å². The van der Waals surface area contributed by atoms with Gasteiger partial charge in [-0.15, -0.1) is 0 Å². The van der Waals surface area contributed by atoms with Crippen LogP contribution in [0.4, 0.5) is 22.2 Å². The molecule has 4 heterocycles. The summed E-state index contributed by atoms with van der Waals surface area (Å²) in [6.45, 7) is 1.76. The van der Waals surface area contributed by atoms with E-state index in [1.165, 1.54) is 4.90 Å². The minimum absolute atomic E-state index is 0.348. The Morgan fingerprint density at radius 2 is 1.94 bits per heavy atom. The second-order valence-electron chi connectivity index (χ2n) is 8.36. The van der Waals surface area contributed by atoms with Gasteiger partial charge in [0.2, 0.25) is 11.8 Å². The molecular weight excluding hydrogens is 422 g/mol. The lowest BCUT2D eigenvalue weighted by Gasteiger charge is -2.29. The molecule has 10 heteroatoms. The number of carbonyl (C=O) groups is 1. The lowest BCUT2D eigenvalue weighted by molar-refractivity contribution is 0.181. The number of ether oxygens (including phenoxy) is 2. The van der Waals surface area contributed by atoms with E-state index < -0.39 is 0 Å². The summed E-state index contributed by atoms with van der Waals surface area (Å²) in [7, 11) is 1.61. The highest BCUT2D eigenvalue weighted by atomic mass is 16.6. The fraction of sp³-hybridized carbons (Fsp3) is 0.435. The number of methoxy groups -OCH3 is 1. The number of aromatic nitrogens is 4. The average Bonchev–Trinajstić information content (AvgIpc) is 3.29. The number of pyridine rings is 2. The van der Waals surface area contributed by atoms with Crippen LogP contribution in [-0.2, 0) is 4.74 Å². The number of nitrogens with one attached hydrogen (secondary N) is 2. The minimum Gasteiger partial charge on any atom is -0.479 e. The van der Waals surface area contributed by atoms with Gasteiger partial charge in [0.05, 0.1) is 31.7 Å². The molecule has 3 aromatic rings. The second kappa shape index (κ2) is 9.43. The largest absolute Gasteiger partial charge is 0.479 e. The van der Waals surface area contributed by atoms with Gasteiger partial charge in [-0.3, -0.25) is 4.90 Å². The van der Waals surface area contributed by atoms with Crippen LogP contribution in [0.5, 0.6) is 5.88 Å². The summed E-state index contributed by atoms with van der Waals surface area (Å²) in [5, 5.41) is 7.92. The molecule has 1 saturated heterocycles. The Morgan fingerprint density at radius 1 is 1.12 bits per heavy atom. The molecule has 2 fully saturated rings. The van der Waals surface area contributed by atoms with Gasteiger partial charge in [-0.1, -0.05) is 0 Å². The fourth-order valence-corrected chi connectivity index (χ4v) is 4.39. The molecule has 0 bridgehead atoms. The van der Waals surface area contributed by atoms with Crippen molar-refractivity contribution in [3.05, 3.63) is 36.8 Å². The quantitative estimate of drug-likeness (QED) is 0.559. The number of anilines is 3. The molecule has 0 spiro atoms. The Hall–Kier alpha value is -3.69. The van der Waals surface area contributed by atoms with Gasteiger partial charge >= 0.3 is 6.09 Å². The van der Waals surface area contributed by atoms with Crippen molar-refractivity contribution in [2.45, 2.75) is 31.7 Å². The predicted molar refractivity (Wildman–Crippen MR) is 125 cm³/mol. The molecule has 0 radical (unpaired) electrons. The summed E-state index contributed by atoms with van der Waals surface area (Å²) < 4.78 is 10.3. The standard InChI is InChI=1S/C23H27N7O3/c1-32-21-20-16(8-9-24-21)4-7-19(29-20)28-17-5-2-15(3-6-17)12-25-22-26-13-18(14-27-22)30-10-11-33-23(30)31/h4,7-9,13-15,17H,2-3,5-6,10-12H2,1H3,(H,28,29)(H,25,26,27)/t15-,17-. The van der Waals surface area contributed by atoms with Crippen molar-refractivity contribution >= 4 is 34.4 Å². The van der Waals surface area contributed by atoms with Crippen molar-refractivity contribution in [1.29, 1.82) is 0 Å². The number of carbonyl (C=O) groups excluding carboxylic acids is 1. The molecule has 33 heavy (non-hydrogen) atoms. The van der Waals surface area contributed by atoms with Crippen LogP contribution in [0, 0.1) is 5.92 Å². The van der Waals surface area contributed by atoms with Gasteiger partial charge in [-0.05, 0) is 49.8 Å². The molecule has 1 aliphatic heterocycles. The van der Waals surface area contributed by atoms with E-state index >= 15 is 0 Å². The third-order valence-corrected chi connectivity index (χ3v) is 6.23. The number of amides is 1. The van der Waals surface area contributed by atoms with Gasteiger partial charge in [0.15, 0.2) is 0 Å². The first-order valence-corrected chi connectivity index (χ1v) is 11.3. The molecule has 0 aromatic carbocycles. The Bertz CT molecular complexity index is 1120. The normalized spacial score (nSPS) is 20.5. The zero-order chi connectivity index (χ0) is 22.6. The Balaban J connectivity index is 1.10. The summed E-state index contributed by atoms with van der Waals surface area (Å²) >= 11 is 0. The molecule has 5 rings (SSSR count). The summed E-state index contributed by atoms with van der Waals surface area (Å²) in [5.74, 6) is 2.54. The van der Waals surface area contributed by atoms with E-state index in [0.29, 0.717) is 42.6 Å². The van der Waals surface area contributed by atoms with Gasteiger partial charge in [0.1, 0.15) is 17.9 Å². The number of rotatable bonds is 7. The van der Waals surface area contributed by atoms with E-state index in [-0.39, 0.29) is 6.09 Å². The van der Waals surface area contributed by atoms with Crippen molar-refractivity contribution < 1.29 is 14.3 Å². The van der Waals surface area contributed by atoms with Gasteiger partial charge < -0.3 is 20.1 Å². The number of fused-ring (bicyclic) bond motifs is 1. The zero-order valence-electron chi connectivity index (χ0n) is 18.5. The highest BCUT2D eigenvalue weighted by Gasteiger charge is 2.24. The van der Waals surface area contributed by atoms with E-state index in [1.807, 2.05) is 18.2 Å². The Morgan fingerprint density at radius 3 is 2.67 bits per heavy atom. The van der Waals surface area contributed by atoms with Crippen molar-refractivity contribution in [2.24, 2.45) is 5.92 Å². The van der Waals surface area contributed by atoms with Gasteiger partial charge in [-0.25, -0.2) is 24.7 Å². The molecule has 172 valence electrons. The van der Waals surface area contributed by atoms with Crippen molar-refractivity contribution in [3.63, 3.8) is 0 Å². The monoisotopic (exact) mass is 449 g/mol. The predicted octanol–water partition coefficient (Wildman–Crippen LogP) is 3.47. The number of hydrogen-bond donors (Lipinski definition) is 2. The summed E-state index contributed by atoms with van der Waals surface area (Å²) in [4.78, 5) is 30.8. The summed E-state index contributed by atoms with van der Waals surface area (Å²) in [5.41, 5.74) is 1.43. The average molecular weight is 450 g/mol. The van der Waals surface area contributed by atoms with Gasteiger partial charge in [0, 0.05) is 24.2 Å². The second-order valence-corrected chi connectivity index (χ2v) is 8.36. The first kappa shape index (κ1) is 21.2. The topological polar surface area (TPSA) is 114 Å². The maximum Gasteiger partial charge on any atom is 0.414 e. The molecular formula is C23H27N7O3. The highest BCUT2D eigenvalue weighted by Crippen LogP contribution is 2.28. The Labute approximate surface area is 191 Å². The number of nitrogens with zero attached hydrogens (tertiary/aromatic N) is 5. The summed E-state index contributed by atoms with van der Waals surface area (Å²) in [6.07, 6.45) is 9.07. The minimum atomic E-state index is -0.348. The maximum atomic E-state index is 11.6. The molecule has 2 N–H and O–H groups in total. The third-order valence-electron chi connectivity index (χ3n) is 6.23. The van der Waals surface area contributed by atoms with Crippen LogP contribution < -0.4 is 20.3 Å². The van der Waals surface area contributed by atoms with Crippen LogP contribution in [0.15, 0.2) is 36.8 Å². The maximum absolute atomic E-state index is 11.6. The highest BCUT2D eigenvalue weighted by molar-refractivity contribution is 5.88. The van der Waals surface area contributed by atoms with Crippen molar-refractivity contribution in [3.8, 4) is 5.88 Å². The van der Waals surface area contributed by atoms with E-state index in [9.17, 15) is 4.79 Å². The van der Waals surface area contributed by atoms with Crippen LogP contribution in [0.2, 0.25) is 0 Å². The molecule has 10 nitrogen and oxygen atoms in total. The van der Waals surface area contributed by atoms with E-state index in [4.69, 9.17) is 14.5 Å². The molecule has 1 amide bonds. The fourth-order valence-electron chi connectivity index (χ4n) is 4.39. The summed E-state index contributed by atoms with van der Waals surface area (Å²) in [6, 6.07) is 6.38. The molecule has 2 aliphatic rings. The van der Waals surface area contributed by atoms with Crippen LogP contribution >= 0.6 is 0 Å².